The van der Waals surface area contributed by atoms with E-state index in [-0.39, 0.29) is 0 Å². The van der Waals surface area contributed by atoms with Gasteiger partial charge in [-0.2, -0.15) is 0 Å². The molecule has 0 aliphatic heterocycles. The van der Waals surface area contributed by atoms with Crippen molar-refractivity contribution in [1.29, 1.82) is 0 Å². The number of para-hydroxylation sites is 1. The highest BCUT2D eigenvalue weighted by molar-refractivity contribution is 5.66. The van der Waals surface area contributed by atoms with Crippen LogP contribution in [0.25, 0.3) is 22.3 Å². The van der Waals surface area contributed by atoms with Gasteiger partial charge < -0.3 is 9.47 Å². The average molecular weight is 471 g/mol. The lowest BCUT2D eigenvalue weighted by atomic mass is 10.0. The van der Waals surface area contributed by atoms with Crippen molar-refractivity contribution in [1.82, 2.24) is 0 Å². The van der Waals surface area contributed by atoms with Crippen molar-refractivity contribution in [2.45, 2.75) is 26.6 Å². The molecule has 0 radical (unpaired) electrons. The Kier molecular flexibility index (Phi) is 7.44. The second-order valence-corrected chi connectivity index (χ2v) is 8.83. The zero-order valence-corrected chi connectivity index (χ0v) is 20.6. The van der Waals surface area contributed by atoms with Gasteiger partial charge in [0, 0.05) is 0 Å². The topological polar surface area (TPSA) is 18.5 Å². The monoisotopic (exact) mass is 470 g/mol. The molecule has 0 atom stereocenters. The highest BCUT2D eigenvalue weighted by Crippen LogP contribution is 2.27. The Hall–Kier alpha value is -4.30. The molecule has 0 N–H and O–H groups in total. The summed E-state index contributed by atoms with van der Waals surface area (Å²) in [5.41, 5.74) is 8.20. The minimum Gasteiger partial charge on any atom is -0.489 e. The molecule has 2 nitrogen and oxygen atoms in total. The number of benzene rings is 5. The molecule has 0 amide bonds. The molecule has 0 bridgehead atoms. The van der Waals surface area contributed by atoms with Crippen LogP contribution in [0.4, 0.5) is 0 Å². The summed E-state index contributed by atoms with van der Waals surface area (Å²) >= 11 is 0. The van der Waals surface area contributed by atoms with Gasteiger partial charge in [0.05, 0.1) is 0 Å². The molecule has 0 heterocycles. The lowest BCUT2D eigenvalue weighted by Crippen LogP contribution is -1.98. The third-order valence-electron chi connectivity index (χ3n) is 6.28. The van der Waals surface area contributed by atoms with Crippen molar-refractivity contribution < 1.29 is 9.47 Å². The summed E-state index contributed by atoms with van der Waals surface area (Å²) in [7, 11) is 0. The van der Waals surface area contributed by atoms with Gasteiger partial charge in [0.25, 0.3) is 0 Å². The summed E-state index contributed by atoms with van der Waals surface area (Å²) < 4.78 is 12.3. The maximum absolute atomic E-state index is 6.18. The largest absolute Gasteiger partial charge is 0.489 e. The predicted molar refractivity (Wildman–Crippen MR) is 148 cm³/mol. The van der Waals surface area contributed by atoms with Crippen LogP contribution in [0, 0.1) is 0 Å². The Morgan fingerprint density at radius 2 is 1.03 bits per heavy atom. The minimum absolute atomic E-state index is 0.523. The second kappa shape index (κ2) is 11.4. The fraction of sp³-hybridized carbons (Fsp3) is 0.118. The van der Waals surface area contributed by atoms with E-state index in [1.807, 2.05) is 30.3 Å². The Morgan fingerprint density at radius 1 is 0.472 bits per heavy atom. The first-order valence-corrected chi connectivity index (χ1v) is 12.5. The predicted octanol–water partition coefficient (Wildman–Crippen LogP) is 8.74. The number of hydrogen-bond donors (Lipinski definition) is 0. The van der Waals surface area contributed by atoms with Crippen molar-refractivity contribution in [3.05, 3.63) is 144 Å². The van der Waals surface area contributed by atoms with Crippen LogP contribution in [-0.4, -0.2) is 0 Å². The highest BCUT2D eigenvalue weighted by Gasteiger charge is 2.06. The molecule has 0 saturated heterocycles. The van der Waals surface area contributed by atoms with Crippen LogP contribution < -0.4 is 9.47 Å². The van der Waals surface area contributed by atoms with Gasteiger partial charge in [-0.1, -0.05) is 104 Å². The molecule has 5 rings (SSSR count). The third-order valence-corrected chi connectivity index (χ3v) is 6.28. The normalized spacial score (nSPS) is 10.7. The first-order valence-electron chi connectivity index (χ1n) is 12.5. The van der Waals surface area contributed by atoms with Crippen LogP contribution in [-0.2, 0) is 19.6 Å². The molecule has 178 valence electrons. The summed E-state index contributed by atoms with van der Waals surface area (Å²) in [5.74, 6) is 1.81. The van der Waals surface area contributed by atoms with E-state index < -0.39 is 0 Å². The first kappa shape index (κ1) is 23.4. The summed E-state index contributed by atoms with van der Waals surface area (Å²) in [6.07, 6.45) is 0.958. The van der Waals surface area contributed by atoms with E-state index in [2.05, 4.69) is 104 Å². The van der Waals surface area contributed by atoms with E-state index in [0.717, 1.165) is 40.2 Å². The van der Waals surface area contributed by atoms with Crippen LogP contribution in [0.5, 0.6) is 11.5 Å². The maximum atomic E-state index is 6.18. The van der Waals surface area contributed by atoms with Crippen LogP contribution in [0.15, 0.2) is 127 Å². The van der Waals surface area contributed by atoms with E-state index in [0.29, 0.717) is 13.2 Å². The van der Waals surface area contributed by atoms with E-state index in [9.17, 15) is 0 Å². The van der Waals surface area contributed by atoms with Gasteiger partial charge in [0.2, 0.25) is 0 Å². The maximum Gasteiger partial charge on any atom is 0.122 e. The number of rotatable bonds is 9. The first-order chi connectivity index (χ1) is 17.8. The number of ether oxygens (including phenoxy) is 2. The highest BCUT2D eigenvalue weighted by atomic mass is 16.5. The van der Waals surface area contributed by atoms with Crippen LogP contribution in [0.2, 0.25) is 0 Å². The van der Waals surface area contributed by atoms with E-state index in [1.54, 1.807) is 0 Å². The molecule has 5 aromatic rings. The zero-order chi connectivity index (χ0) is 24.6. The Labute approximate surface area is 213 Å². The molecule has 2 heteroatoms. The fourth-order valence-corrected chi connectivity index (χ4v) is 4.34. The van der Waals surface area contributed by atoms with Gasteiger partial charge in [-0.25, -0.2) is 0 Å². The lowest BCUT2D eigenvalue weighted by molar-refractivity contribution is 0.303. The van der Waals surface area contributed by atoms with E-state index in [1.165, 1.54) is 16.7 Å². The second-order valence-electron chi connectivity index (χ2n) is 8.83. The van der Waals surface area contributed by atoms with E-state index in [4.69, 9.17) is 9.47 Å². The average Bonchev–Trinajstić information content (AvgIpc) is 2.96. The smallest absolute Gasteiger partial charge is 0.122 e. The fourth-order valence-electron chi connectivity index (χ4n) is 4.34. The zero-order valence-electron chi connectivity index (χ0n) is 20.6. The third kappa shape index (κ3) is 5.84. The summed E-state index contributed by atoms with van der Waals surface area (Å²) in [6.45, 7) is 3.21. The summed E-state index contributed by atoms with van der Waals surface area (Å²) in [4.78, 5) is 0. The van der Waals surface area contributed by atoms with E-state index >= 15 is 0 Å². The molecule has 0 spiro atoms. The number of hydrogen-bond acceptors (Lipinski definition) is 2. The minimum atomic E-state index is 0.523. The number of aryl methyl sites for hydroxylation is 1. The van der Waals surface area contributed by atoms with Crippen molar-refractivity contribution >= 4 is 0 Å². The molecular weight excluding hydrogens is 440 g/mol. The van der Waals surface area contributed by atoms with Crippen LogP contribution in [0.3, 0.4) is 0 Å². The van der Waals surface area contributed by atoms with Gasteiger partial charge in [-0.05, 0) is 75.7 Å². The van der Waals surface area contributed by atoms with Crippen molar-refractivity contribution in [3.8, 4) is 33.8 Å². The molecule has 0 unspecified atom stereocenters. The SMILES string of the molecule is CCc1ccccc1OCc1cccc(-c2cccc(OCc3cccc(-c4ccccc4)c3)c2)c1. The molecule has 0 aromatic heterocycles. The standard InChI is InChI=1S/C34H30O2/c1-2-28-13-6-7-20-34(28)36-25-27-12-9-17-31(22-27)32-18-10-19-33(23-32)35-24-26-11-8-16-30(21-26)29-14-4-3-5-15-29/h3-23H,2,24-25H2,1H3. The van der Waals surface area contributed by atoms with Gasteiger partial charge in [-0.15, -0.1) is 0 Å². The Morgan fingerprint density at radius 3 is 1.75 bits per heavy atom. The molecule has 5 aromatic carbocycles. The van der Waals surface area contributed by atoms with Crippen molar-refractivity contribution in [2.24, 2.45) is 0 Å². The van der Waals surface area contributed by atoms with Gasteiger partial charge in [0.1, 0.15) is 24.7 Å². The quantitative estimate of drug-likeness (QED) is 0.214. The van der Waals surface area contributed by atoms with Crippen molar-refractivity contribution in [3.63, 3.8) is 0 Å². The van der Waals surface area contributed by atoms with Gasteiger partial charge >= 0.3 is 0 Å². The Bertz CT molecular complexity index is 1420. The van der Waals surface area contributed by atoms with Gasteiger partial charge in [0.15, 0.2) is 0 Å². The molecule has 0 saturated carbocycles. The molecular formula is C34H30O2. The summed E-state index contributed by atoms with van der Waals surface area (Å²) in [6, 6.07) is 44.0. The molecule has 0 aliphatic rings. The lowest BCUT2D eigenvalue weighted by Gasteiger charge is -2.12. The van der Waals surface area contributed by atoms with Gasteiger partial charge in [-0.3, -0.25) is 0 Å². The molecule has 0 aliphatic carbocycles. The summed E-state index contributed by atoms with van der Waals surface area (Å²) in [5, 5.41) is 0. The molecule has 36 heavy (non-hydrogen) atoms. The van der Waals surface area contributed by atoms with Crippen molar-refractivity contribution in [2.75, 3.05) is 0 Å². The van der Waals surface area contributed by atoms with Crippen LogP contribution in [0.1, 0.15) is 23.6 Å². The van der Waals surface area contributed by atoms with Crippen LogP contribution >= 0.6 is 0 Å². The Balaban J connectivity index is 1.26. The molecule has 0 fully saturated rings.